The Morgan fingerprint density at radius 3 is 2.74 bits per heavy atom. The minimum absolute atomic E-state index is 0.463. The molecule has 1 heterocycles. The number of nitrogens with zero attached hydrogens (tertiary/aromatic N) is 1. The molecule has 1 aromatic carbocycles. The number of hydrogen-bond donors (Lipinski definition) is 1. The summed E-state index contributed by atoms with van der Waals surface area (Å²) in [5.41, 5.74) is 6.78. The minimum atomic E-state index is 0.463. The number of nitrogens with two attached hydrogens (primary N) is 1. The van der Waals surface area contributed by atoms with Gasteiger partial charge in [0.05, 0.1) is 12.8 Å². The highest BCUT2D eigenvalue weighted by Crippen LogP contribution is 2.23. The largest absolute Gasteiger partial charge is 0.497 e. The second kappa shape index (κ2) is 6.54. The molecule has 0 aliphatic heterocycles. The quantitative estimate of drug-likeness (QED) is 0.882. The highest BCUT2D eigenvalue weighted by molar-refractivity contribution is 7.11. The van der Waals surface area contributed by atoms with Gasteiger partial charge in [0.15, 0.2) is 0 Å². The molecule has 0 spiro atoms. The van der Waals surface area contributed by atoms with E-state index in [1.54, 1.807) is 18.4 Å². The average Bonchev–Trinajstić information content (AvgIpc) is 2.87. The number of aryl methyl sites for hydroxylation is 1. The number of ether oxygens (including phenoxy) is 2. The Labute approximate surface area is 117 Å². The lowest BCUT2D eigenvalue weighted by molar-refractivity contribution is 0.303. The van der Waals surface area contributed by atoms with E-state index in [1.165, 1.54) is 0 Å². The molecular formula is C14H18N2O2S. The van der Waals surface area contributed by atoms with Gasteiger partial charge in [-0.1, -0.05) is 13.0 Å². The fraction of sp³-hybridized carbons (Fsp3) is 0.357. The van der Waals surface area contributed by atoms with Crippen LogP contribution in [0, 0.1) is 0 Å². The Hall–Kier alpha value is -1.59. The van der Waals surface area contributed by atoms with E-state index in [0.29, 0.717) is 13.2 Å². The molecule has 0 fully saturated rings. The van der Waals surface area contributed by atoms with Gasteiger partial charge in [-0.05, 0) is 18.6 Å². The number of hydrogen-bond acceptors (Lipinski definition) is 5. The summed E-state index contributed by atoms with van der Waals surface area (Å²) in [6.07, 6.45) is 0.905. The van der Waals surface area contributed by atoms with Gasteiger partial charge < -0.3 is 15.2 Å². The first kappa shape index (κ1) is 13.8. The van der Waals surface area contributed by atoms with Crippen LogP contribution in [-0.2, 0) is 19.6 Å². The Morgan fingerprint density at radius 2 is 2.11 bits per heavy atom. The predicted octanol–water partition coefficient (Wildman–Crippen LogP) is 2.75. The van der Waals surface area contributed by atoms with Crippen LogP contribution in [0.1, 0.15) is 22.5 Å². The molecule has 0 amide bonds. The lowest BCUT2D eigenvalue weighted by atomic mass is 10.3. The third kappa shape index (κ3) is 3.45. The Bertz CT molecular complexity index is 518. The molecule has 5 heteroatoms. The summed E-state index contributed by atoms with van der Waals surface area (Å²) in [5.74, 6) is 1.57. The van der Waals surface area contributed by atoms with E-state index in [-0.39, 0.29) is 0 Å². The van der Waals surface area contributed by atoms with Crippen molar-refractivity contribution in [3.63, 3.8) is 0 Å². The van der Waals surface area contributed by atoms with Crippen LogP contribution in [0.2, 0.25) is 0 Å². The molecule has 0 saturated carbocycles. The van der Waals surface area contributed by atoms with Crippen LogP contribution in [0.25, 0.3) is 0 Å². The lowest BCUT2D eigenvalue weighted by Gasteiger charge is -2.05. The third-order valence-electron chi connectivity index (χ3n) is 2.75. The molecular weight excluding hydrogens is 260 g/mol. The number of benzene rings is 1. The number of thiazole rings is 1. The molecule has 1 aromatic heterocycles. The van der Waals surface area contributed by atoms with Crippen molar-refractivity contribution in [3.8, 4) is 11.5 Å². The monoisotopic (exact) mass is 278 g/mol. The standard InChI is InChI=1S/C14H18N2O2S/c1-3-12-13(8-15)19-14(16-12)9-18-11-6-4-5-10(7-11)17-2/h4-7H,3,8-9,15H2,1-2H3. The SMILES string of the molecule is CCc1nc(COc2cccc(OC)c2)sc1CN. The summed E-state index contributed by atoms with van der Waals surface area (Å²) in [5, 5.41) is 0.958. The van der Waals surface area contributed by atoms with Crippen LogP contribution in [0.5, 0.6) is 11.5 Å². The van der Waals surface area contributed by atoms with Crippen molar-refractivity contribution in [1.82, 2.24) is 4.98 Å². The summed E-state index contributed by atoms with van der Waals surface area (Å²) in [6, 6.07) is 7.55. The number of rotatable bonds is 6. The highest BCUT2D eigenvalue weighted by atomic mass is 32.1. The molecule has 0 aliphatic rings. The topological polar surface area (TPSA) is 57.4 Å². The second-order valence-electron chi connectivity index (χ2n) is 4.00. The molecule has 0 bridgehead atoms. The fourth-order valence-electron chi connectivity index (χ4n) is 1.77. The van der Waals surface area contributed by atoms with Gasteiger partial charge in [-0.3, -0.25) is 0 Å². The smallest absolute Gasteiger partial charge is 0.140 e. The Balaban J connectivity index is 2.03. The van der Waals surface area contributed by atoms with Crippen molar-refractivity contribution in [2.75, 3.05) is 7.11 Å². The lowest BCUT2D eigenvalue weighted by Crippen LogP contribution is -1.97. The normalized spacial score (nSPS) is 10.5. The van der Waals surface area contributed by atoms with Gasteiger partial charge >= 0.3 is 0 Å². The molecule has 0 atom stereocenters. The summed E-state index contributed by atoms with van der Waals surface area (Å²) < 4.78 is 10.9. The molecule has 0 unspecified atom stereocenters. The van der Waals surface area contributed by atoms with Crippen LogP contribution in [-0.4, -0.2) is 12.1 Å². The predicted molar refractivity (Wildman–Crippen MR) is 76.7 cm³/mol. The second-order valence-corrected chi connectivity index (χ2v) is 5.17. The summed E-state index contributed by atoms with van der Waals surface area (Å²) in [4.78, 5) is 5.68. The minimum Gasteiger partial charge on any atom is -0.497 e. The maximum atomic E-state index is 5.72. The molecule has 0 radical (unpaired) electrons. The van der Waals surface area contributed by atoms with E-state index in [4.69, 9.17) is 15.2 Å². The first-order chi connectivity index (χ1) is 9.26. The van der Waals surface area contributed by atoms with Crippen molar-refractivity contribution >= 4 is 11.3 Å². The molecule has 2 aromatic rings. The molecule has 102 valence electrons. The third-order valence-corrected chi connectivity index (χ3v) is 3.84. The number of aromatic nitrogens is 1. The zero-order valence-electron chi connectivity index (χ0n) is 11.2. The van der Waals surface area contributed by atoms with Crippen LogP contribution in [0.3, 0.4) is 0 Å². The molecule has 0 saturated heterocycles. The zero-order chi connectivity index (χ0) is 13.7. The van der Waals surface area contributed by atoms with Gasteiger partial charge in [0.1, 0.15) is 23.1 Å². The van der Waals surface area contributed by atoms with Gasteiger partial charge in [0.25, 0.3) is 0 Å². The Morgan fingerprint density at radius 1 is 1.32 bits per heavy atom. The molecule has 0 aliphatic carbocycles. The first-order valence-electron chi connectivity index (χ1n) is 6.21. The van der Waals surface area contributed by atoms with Crippen molar-refractivity contribution in [1.29, 1.82) is 0 Å². The van der Waals surface area contributed by atoms with Gasteiger partial charge in [0, 0.05) is 17.5 Å². The van der Waals surface area contributed by atoms with Crippen LogP contribution in [0.15, 0.2) is 24.3 Å². The van der Waals surface area contributed by atoms with Gasteiger partial charge in [0.2, 0.25) is 0 Å². The van der Waals surface area contributed by atoms with E-state index in [9.17, 15) is 0 Å². The molecule has 2 rings (SSSR count). The van der Waals surface area contributed by atoms with Crippen LogP contribution >= 0.6 is 11.3 Å². The van der Waals surface area contributed by atoms with E-state index >= 15 is 0 Å². The van der Waals surface area contributed by atoms with Crippen molar-refractivity contribution in [2.45, 2.75) is 26.5 Å². The number of methoxy groups -OCH3 is 1. The summed E-state index contributed by atoms with van der Waals surface area (Å²) in [6.45, 7) is 3.09. The summed E-state index contributed by atoms with van der Waals surface area (Å²) >= 11 is 1.62. The average molecular weight is 278 g/mol. The van der Waals surface area contributed by atoms with Gasteiger partial charge in [-0.2, -0.15) is 0 Å². The zero-order valence-corrected chi connectivity index (χ0v) is 12.0. The maximum absolute atomic E-state index is 5.72. The molecule has 4 nitrogen and oxygen atoms in total. The molecule has 2 N–H and O–H groups in total. The van der Waals surface area contributed by atoms with Gasteiger partial charge in [-0.25, -0.2) is 4.98 Å². The maximum Gasteiger partial charge on any atom is 0.140 e. The van der Waals surface area contributed by atoms with Crippen molar-refractivity contribution in [2.24, 2.45) is 5.73 Å². The highest BCUT2D eigenvalue weighted by Gasteiger charge is 2.09. The molecule has 19 heavy (non-hydrogen) atoms. The van der Waals surface area contributed by atoms with Gasteiger partial charge in [-0.15, -0.1) is 11.3 Å². The fourth-order valence-corrected chi connectivity index (χ4v) is 2.72. The van der Waals surface area contributed by atoms with Crippen LogP contribution < -0.4 is 15.2 Å². The van der Waals surface area contributed by atoms with E-state index < -0.39 is 0 Å². The van der Waals surface area contributed by atoms with Crippen molar-refractivity contribution in [3.05, 3.63) is 39.8 Å². The van der Waals surface area contributed by atoms with E-state index in [2.05, 4.69) is 11.9 Å². The van der Waals surface area contributed by atoms with Crippen molar-refractivity contribution < 1.29 is 9.47 Å². The Kier molecular flexibility index (Phi) is 4.76. The summed E-state index contributed by atoms with van der Waals surface area (Å²) in [7, 11) is 1.64. The first-order valence-corrected chi connectivity index (χ1v) is 7.02. The van der Waals surface area contributed by atoms with E-state index in [1.807, 2.05) is 24.3 Å². The van der Waals surface area contributed by atoms with Crippen LogP contribution in [0.4, 0.5) is 0 Å². The van der Waals surface area contributed by atoms with E-state index in [0.717, 1.165) is 33.5 Å².